The third kappa shape index (κ3) is 5.63. The van der Waals surface area contributed by atoms with E-state index in [1.54, 1.807) is 13.2 Å². The van der Waals surface area contributed by atoms with Gasteiger partial charge in [-0.05, 0) is 34.4 Å². The molecule has 2 heterocycles. The molecule has 0 saturated heterocycles. The van der Waals surface area contributed by atoms with E-state index in [1.165, 1.54) is 22.3 Å². The first-order valence-corrected chi connectivity index (χ1v) is 10.5. The Labute approximate surface area is 183 Å². The first kappa shape index (κ1) is 20.5. The van der Waals surface area contributed by atoms with E-state index < -0.39 is 0 Å². The number of aromatic nitrogens is 3. The third-order valence-electron chi connectivity index (χ3n) is 5.21. The molecule has 0 bridgehead atoms. The molecule has 0 atom stereocenters. The molecule has 31 heavy (non-hydrogen) atoms. The number of aliphatic imine (C=N–C) groups is 1. The van der Waals surface area contributed by atoms with Crippen LogP contribution in [0.5, 0.6) is 0 Å². The number of nitrogens with one attached hydrogen (secondary N) is 2. The Kier molecular flexibility index (Phi) is 6.80. The fraction of sp³-hybridized carbons (Fsp3) is 0.200. The van der Waals surface area contributed by atoms with Crippen molar-refractivity contribution in [1.82, 2.24) is 24.8 Å². The number of guanidine groups is 1. The van der Waals surface area contributed by atoms with E-state index in [-0.39, 0.29) is 0 Å². The molecule has 0 unspecified atom stereocenters. The van der Waals surface area contributed by atoms with Crippen LogP contribution in [0.4, 0.5) is 0 Å². The van der Waals surface area contributed by atoms with Crippen molar-refractivity contribution in [3.05, 3.63) is 103 Å². The van der Waals surface area contributed by atoms with Gasteiger partial charge in [0.1, 0.15) is 0 Å². The summed E-state index contributed by atoms with van der Waals surface area (Å²) in [7, 11) is 1.80. The number of benzene rings is 2. The molecule has 0 spiro atoms. The topological polar surface area (TPSA) is 59.2 Å². The molecular weight excluding hydrogens is 384 g/mol. The third-order valence-corrected chi connectivity index (χ3v) is 5.21. The van der Waals surface area contributed by atoms with Gasteiger partial charge in [-0.1, -0.05) is 48.5 Å². The lowest BCUT2D eigenvalue weighted by molar-refractivity contribution is 0.665. The fourth-order valence-corrected chi connectivity index (χ4v) is 3.56. The van der Waals surface area contributed by atoms with Crippen molar-refractivity contribution in [2.45, 2.75) is 19.6 Å². The van der Waals surface area contributed by atoms with E-state index in [0.717, 1.165) is 25.6 Å². The monoisotopic (exact) mass is 412 g/mol. The standard InChI is InChI=1S/C25H28N6/c1-26-25(28-13-17-30-14-4-5-15-30)29-18-23-6-2-3-7-24(23)22-10-8-21(9-11-22)19-31-16-12-27-20-31/h2-12,14-16,20H,13,17-19H2,1H3,(H2,26,28,29). The van der Waals surface area contributed by atoms with Crippen LogP contribution in [0.25, 0.3) is 11.1 Å². The Morgan fingerprint density at radius 1 is 0.903 bits per heavy atom. The summed E-state index contributed by atoms with van der Waals surface area (Å²) >= 11 is 0. The number of hydrogen-bond donors (Lipinski definition) is 2. The molecule has 6 heteroatoms. The largest absolute Gasteiger partial charge is 0.355 e. The average molecular weight is 413 g/mol. The quantitative estimate of drug-likeness (QED) is 0.342. The maximum absolute atomic E-state index is 4.35. The summed E-state index contributed by atoms with van der Waals surface area (Å²) in [4.78, 5) is 8.46. The van der Waals surface area contributed by atoms with Crippen LogP contribution >= 0.6 is 0 Å². The van der Waals surface area contributed by atoms with Crippen LogP contribution in [-0.4, -0.2) is 33.7 Å². The normalized spacial score (nSPS) is 11.5. The fourth-order valence-electron chi connectivity index (χ4n) is 3.56. The first-order valence-electron chi connectivity index (χ1n) is 10.5. The lowest BCUT2D eigenvalue weighted by Crippen LogP contribution is -2.38. The molecule has 4 rings (SSSR count). The van der Waals surface area contributed by atoms with E-state index >= 15 is 0 Å². The van der Waals surface area contributed by atoms with E-state index in [0.29, 0.717) is 6.54 Å². The zero-order valence-electron chi connectivity index (χ0n) is 17.8. The predicted octanol–water partition coefficient (Wildman–Crippen LogP) is 3.77. The van der Waals surface area contributed by atoms with Gasteiger partial charge in [0, 0.05) is 58.0 Å². The van der Waals surface area contributed by atoms with Crippen LogP contribution in [0, 0.1) is 0 Å². The van der Waals surface area contributed by atoms with Crippen LogP contribution < -0.4 is 10.6 Å². The molecule has 2 N–H and O–H groups in total. The van der Waals surface area contributed by atoms with Gasteiger partial charge < -0.3 is 19.8 Å². The van der Waals surface area contributed by atoms with Crippen LogP contribution in [0.2, 0.25) is 0 Å². The summed E-state index contributed by atoms with van der Waals surface area (Å²) in [6, 6.07) is 21.3. The Morgan fingerprint density at radius 3 is 2.45 bits per heavy atom. The average Bonchev–Trinajstić information content (AvgIpc) is 3.51. The van der Waals surface area contributed by atoms with Gasteiger partial charge in [-0.25, -0.2) is 4.98 Å². The minimum absolute atomic E-state index is 0.705. The molecule has 0 amide bonds. The van der Waals surface area contributed by atoms with Crippen molar-refractivity contribution in [3.63, 3.8) is 0 Å². The second-order valence-corrected chi connectivity index (χ2v) is 7.36. The zero-order chi connectivity index (χ0) is 21.3. The van der Waals surface area contributed by atoms with Crippen LogP contribution in [0.3, 0.4) is 0 Å². The maximum atomic E-state index is 4.35. The van der Waals surface area contributed by atoms with Gasteiger partial charge in [-0.2, -0.15) is 0 Å². The van der Waals surface area contributed by atoms with Crippen LogP contribution in [0.1, 0.15) is 11.1 Å². The molecule has 0 aliphatic heterocycles. The summed E-state index contributed by atoms with van der Waals surface area (Å²) in [6.07, 6.45) is 9.76. The summed E-state index contributed by atoms with van der Waals surface area (Å²) < 4.78 is 4.22. The van der Waals surface area contributed by atoms with Gasteiger partial charge in [0.15, 0.2) is 5.96 Å². The van der Waals surface area contributed by atoms with Crippen molar-refractivity contribution in [2.24, 2.45) is 4.99 Å². The highest BCUT2D eigenvalue weighted by atomic mass is 15.2. The molecule has 0 saturated carbocycles. The lowest BCUT2D eigenvalue weighted by Gasteiger charge is -2.15. The molecule has 0 radical (unpaired) electrons. The Bertz CT molecular complexity index is 1080. The number of imidazole rings is 1. The first-order chi connectivity index (χ1) is 15.3. The highest BCUT2D eigenvalue weighted by molar-refractivity contribution is 5.80. The highest BCUT2D eigenvalue weighted by Gasteiger charge is 2.06. The second kappa shape index (κ2) is 10.3. The van der Waals surface area contributed by atoms with Crippen molar-refractivity contribution in [3.8, 4) is 11.1 Å². The van der Waals surface area contributed by atoms with Gasteiger partial charge in [0.25, 0.3) is 0 Å². The minimum Gasteiger partial charge on any atom is -0.355 e. The second-order valence-electron chi connectivity index (χ2n) is 7.36. The van der Waals surface area contributed by atoms with Crippen molar-refractivity contribution < 1.29 is 0 Å². The smallest absolute Gasteiger partial charge is 0.191 e. The van der Waals surface area contributed by atoms with E-state index in [4.69, 9.17) is 0 Å². The number of hydrogen-bond acceptors (Lipinski definition) is 2. The molecule has 0 aliphatic carbocycles. The molecule has 4 aromatic rings. The maximum Gasteiger partial charge on any atom is 0.191 e. The molecule has 2 aromatic carbocycles. The Hall–Kier alpha value is -3.80. The molecule has 158 valence electrons. The van der Waals surface area contributed by atoms with Crippen molar-refractivity contribution in [2.75, 3.05) is 13.6 Å². The van der Waals surface area contributed by atoms with Crippen LogP contribution in [-0.2, 0) is 19.6 Å². The molecule has 0 fully saturated rings. The van der Waals surface area contributed by atoms with E-state index in [1.807, 2.05) is 24.7 Å². The predicted molar refractivity (Wildman–Crippen MR) is 126 cm³/mol. The summed E-state index contributed by atoms with van der Waals surface area (Å²) in [6.45, 7) is 3.24. The molecule has 2 aromatic heterocycles. The molecule has 0 aliphatic rings. The lowest BCUT2D eigenvalue weighted by atomic mass is 9.98. The molecule has 6 nitrogen and oxygen atoms in total. The Morgan fingerprint density at radius 2 is 1.71 bits per heavy atom. The number of nitrogens with zero attached hydrogens (tertiary/aromatic N) is 4. The van der Waals surface area contributed by atoms with Crippen molar-refractivity contribution >= 4 is 5.96 Å². The van der Waals surface area contributed by atoms with E-state index in [9.17, 15) is 0 Å². The molecular formula is C25H28N6. The van der Waals surface area contributed by atoms with Gasteiger partial charge in [0.2, 0.25) is 0 Å². The zero-order valence-corrected chi connectivity index (χ0v) is 17.8. The number of rotatable bonds is 8. The van der Waals surface area contributed by atoms with E-state index in [2.05, 4.69) is 90.7 Å². The van der Waals surface area contributed by atoms with Gasteiger partial charge in [0.05, 0.1) is 6.33 Å². The minimum atomic E-state index is 0.705. The highest BCUT2D eigenvalue weighted by Crippen LogP contribution is 2.24. The van der Waals surface area contributed by atoms with Gasteiger partial charge in [-0.3, -0.25) is 4.99 Å². The SMILES string of the molecule is CN=C(NCCn1cccc1)NCc1ccccc1-c1ccc(Cn2ccnc2)cc1. The Balaban J connectivity index is 1.37. The van der Waals surface area contributed by atoms with Gasteiger partial charge in [-0.15, -0.1) is 0 Å². The summed E-state index contributed by atoms with van der Waals surface area (Å²) in [5.41, 5.74) is 4.93. The van der Waals surface area contributed by atoms with Crippen LogP contribution in [0.15, 0.2) is 96.8 Å². The summed E-state index contributed by atoms with van der Waals surface area (Å²) in [5.74, 6) is 0.803. The summed E-state index contributed by atoms with van der Waals surface area (Å²) in [5, 5.41) is 6.81. The van der Waals surface area contributed by atoms with Gasteiger partial charge >= 0.3 is 0 Å². The van der Waals surface area contributed by atoms with Crippen molar-refractivity contribution in [1.29, 1.82) is 0 Å².